The smallest absolute Gasteiger partial charge is 0.140 e. The molecule has 15 heavy (non-hydrogen) atoms. The maximum absolute atomic E-state index is 13.4. The lowest BCUT2D eigenvalue weighted by atomic mass is 9.98. The van der Waals surface area contributed by atoms with Gasteiger partial charge in [-0.1, -0.05) is 0 Å². The van der Waals surface area contributed by atoms with Crippen molar-refractivity contribution >= 4 is 28.3 Å². The summed E-state index contributed by atoms with van der Waals surface area (Å²) in [6.45, 7) is 1.67. The van der Waals surface area contributed by atoms with E-state index in [0.717, 1.165) is 25.6 Å². The molecule has 1 aliphatic rings. The Morgan fingerprint density at radius 2 is 2.00 bits per heavy atom. The van der Waals surface area contributed by atoms with Gasteiger partial charge in [-0.2, -0.15) is 0 Å². The molecule has 0 bridgehead atoms. The first-order valence-corrected chi connectivity index (χ1v) is 5.33. The van der Waals surface area contributed by atoms with Crippen LogP contribution in [-0.4, -0.2) is 13.1 Å². The van der Waals surface area contributed by atoms with Crippen molar-refractivity contribution in [3.05, 3.63) is 33.8 Å². The Morgan fingerprint density at radius 1 is 1.27 bits per heavy atom. The van der Waals surface area contributed by atoms with Crippen LogP contribution in [-0.2, 0) is 0 Å². The molecule has 1 aromatic rings. The molecule has 0 spiro atoms. The summed E-state index contributed by atoms with van der Waals surface area (Å²) < 4.78 is 26.7. The topological polar surface area (TPSA) is 12.0 Å². The van der Waals surface area contributed by atoms with E-state index >= 15 is 0 Å². The number of nitrogens with one attached hydrogen (secondary N) is 1. The summed E-state index contributed by atoms with van der Waals surface area (Å²) in [5.41, 5.74) is 0.600. The summed E-state index contributed by atoms with van der Waals surface area (Å²) in [4.78, 5) is 0. The summed E-state index contributed by atoms with van der Waals surface area (Å²) >= 11 is 3.07. The first-order valence-electron chi connectivity index (χ1n) is 4.53. The van der Waals surface area contributed by atoms with Gasteiger partial charge in [0.05, 0.1) is 4.47 Å². The third-order valence-electron chi connectivity index (χ3n) is 2.54. The van der Waals surface area contributed by atoms with Gasteiger partial charge in [0.2, 0.25) is 0 Å². The van der Waals surface area contributed by atoms with Crippen LogP contribution < -0.4 is 5.32 Å². The predicted octanol–water partition coefficient (Wildman–Crippen LogP) is 3.23. The Kier molecular flexibility index (Phi) is 4.49. The molecule has 1 unspecified atom stereocenters. The zero-order valence-electron chi connectivity index (χ0n) is 7.90. The number of halogens is 4. The second-order valence-corrected chi connectivity index (χ2v) is 4.33. The maximum atomic E-state index is 13.4. The molecular formula is C10H11BrClF2N. The lowest BCUT2D eigenvalue weighted by Crippen LogP contribution is -2.09. The van der Waals surface area contributed by atoms with Crippen LogP contribution in [0.15, 0.2) is 16.6 Å². The molecular weight excluding hydrogens is 287 g/mol. The Balaban J connectivity index is 0.00000112. The van der Waals surface area contributed by atoms with E-state index in [4.69, 9.17) is 0 Å². The fourth-order valence-electron chi connectivity index (χ4n) is 1.77. The van der Waals surface area contributed by atoms with E-state index in [-0.39, 0.29) is 18.3 Å². The summed E-state index contributed by atoms with van der Waals surface area (Å²) in [5.74, 6) is -0.816. The van der Waals surface area contributed by atoms with Gasteiger partial charge in [-0.25, -0.2) is 8.78 Å². The van der Waals surface area contributed by atoms with Crippen molar-refractivity contribution in [3.8, 4) is 0 Å². The Labute approximate surface area is 102 Å². The predicted molar refractivity (Wildman–Crippen MR) is 61.5 cm³/mol. The molecule has 1 atom stereocenters. The van der Waals surface area contributed by atoms with E-state index in [1.165, 1.54) is 0 Å². The molecule has 1 aromatic carbocycles. The highest BCUT2D eigenvalue weighted by Gasteiger charge is 2.21. The molecule has 0 saturated carbocycles. The zero-order valence-corrected chi connectivity index (χ0v) is 10.3. The third kappa shape index (κ3) is 2.68. The monoisotopic (exact) mass is 297 g/mol. The average molecular weight is 299 g/mol. The minimum atomic E-state index is -0.544. The van der Waals surface area contributed by atoms with Crippen molar-refractivity contribution in [3.63, 3.8) is 0 Å². The number of benzene rings is 1. The van der Waals surface area contributed by atoms with Gasteiger partial charge in [-0.05, 0) is 40.5 Å². The van der Waals surface area contributed by atoms with Crippen molar-refractivity contribution < 1.29 is 8.78 Å². The molecule has 1 N–H and O–H groups in total. The van der Waals surface area contributed by atoms with Crippen LogP contribution in [0, 0.1) is 11.6 Å². The zero-order chi connectivity index (χ0) is 10.1. The minimum Gasteiger partial charge on any atom is -0.316 e. The summed E-state index contributed by atoms with van der Waals surface area (Å²) in [7, 11) is 0. The second kappa shape index (κ2) is 5.23. The SMILES string of the molecule is Cl.Fc1cc(F)c(C2CCNC2)cc1Br. The van der Waals surface area contributed by atoms with Crippen molar-refractivity contribution in [1.82, 2.24) is 5.32 Å². The molecule has 0 radical (unpaired) electrons. The van der Waals surface area contributed by atoms with E-state index in [0.29, 0.717) is 10.0 Å². The van der Waals surface area contributed by atoms with Gasteiger partial charge < -0.3 is 5.32 Å². The van der Waals surface area contributed by atoms with Gasteiger partial charge in [-0.3, -0.25) is 0 Å². The molecule has 1 heterocycles. The number of hydrogen-bond donors (Lipinski definition) is 1. The Bertz CT molecular complexity index is 354. The molecule has 1 aliphatic heterocycles. The van der Waals surface area contributed by atoms with Crippen LogP contribution in [0.2, 0.25) is 0 Å². The lowest BCUT2D eigenvalue weighted by molar-refractivity contribution is 0.555. The van der Waals surface area contributed by atoms with Crippen molar-refractivity contribution in [2.24, 2.45) is 0 Å². The van der Waals surface area contributed by atoms with Crippen molar-refractivity contribution in [1.29, 1.82) is 0 Å². The van der Waals surface area contributed by atoms with Gasteiger partial charge in [-0.15, -0.1) is 12.4 Å². The minimum absolute atomic E-state index is 0. The quantitative estimate of drug-likeness (QED) is 0.785. The fourth-order valence-corrected chi connectivity index (χ4v) is 2.13. The second-order valence-electron chi connectivity index (χ2n) is 3.48. The lowest BCUT2D eigenvalue weighted by Gasteiger charge is -2.10. The standard InChI is InChI=1S/C10H10BrF2N.ClH/c11-8-3-7(6-1-2-14-5-6)9(12)4-10(8)13;/h3-4,6,14H,1-2,5H2;1H. The Hall–Kier alpha value is -0.190. The highest BCUT2D eigenvalue weighted by Crippen LogP contribution is 2.29. The highest BCUT2D eigenvalue weighted by atomic mass is 79.9. The van der Waals surface area contributed by atoms with Gasteiger partial charge in [0, 0.05) is 18.5 Å². The molecule has 5 heteroatoms. The van der Waals surface area contributed by atoms with Gasteiger partial charge in [0.25, 0.3) is 0 Å². The highest BCUT2D eigenvalue weighted by molar-refractivity contribution is 9.10. The van der Waals surface area contributed by atoms with Crippen molar-refractivity contribution in [2.45, 2.75) is 12.3 Å². The van der Waals surface area contributed by atoms with Crippen LogP contribution in [0.3, 0.4) is 0 Å². The van der Waals surface area contributed by atoms with E-state index in [2.05, 4.69) is 21.2 Å². The summed E-state index contributed by atoms with van der Waals surface area (Å²) in [6, 6.07) is 2.49. The fraction of sp³-hybridized carbons (Fsp3) is 0.400. The van der Waals surface area contributed by atoms with Crippen molar-refractivity contribution in [2.75, 3.05) is 13.1 Å². The number of hydrogen-bond acceptors (Lipinski definition) is 1. The third-order valence-corrected chi connectivity index (χ3v) is 3.15. The Morgan fingerprint density at radius 3 is 2.60 bits per heavy atom. The van der Waals surface area contributed by atoms with Gasteiger partial charge in [0.15, 0.2) is 0 Å². The largest absolute Gasteiger partial charge is 0.316 e. The van der Waals surface area contributed by atoms with Crippen LogP contribution in [0.5, 0.6) is 0 Å². The van der Waals surface area contributed by atoms with Crippen LogP contribution in [0.25, 0.3) is 0 Å². The molecule has 84 valence electrons. The summed E-state index contributed by atoms with van der Waals surface area (Å²) in [6.07, 6.45) is 0.912. The molecule has 2 rings (SSSR count). The van der Waals surface area contributed by atoms with Gasteiger partial charge >= 0.3 is 0 Å². The maximum Gasteiger partial charge on any atom is 0.140 e. The van der Waals surface area contributed by atoms with Crippen LogP contribution in [0.4, 0.5) is 8.78 Å². The summed E-state index contributed by atoms with van der Waals surface area (Å²) in [5, 5.41) is 3.16. The molecule has 1 nitrogen and oxygen atoms in total. The normalized spacial score (nSPS) is 20.1. The van der Waals surface area contributed by atoms with E-state index in [9.17, 15) is 8.78 Å². The molecule has 0 amide bonds. The molecule has 1 saturated heterocycles. The first kappa shape index (κ1) is 12.9. The number of rotatable bonds is 1. The molecule has 0 aromatic heterocycles. The molecule has 1 fully saturated rings. The molecule has 0 aliphatic carbocycles. The van der Waals surface area contributed by atoms with Gasteiger partial charge in [0.1, 0.15) is 11.6 Å². The van der Waals surface area contributed by atoms with E-state index < -0.39 is 11.6 Å². The average Bonchev–Trinajstić information content (AvgIpc) is 2.64. The van der Waals surface area contributed by atoms with Crippen LogP contribution in [0.1, 0.15) is 17.9 Å². The van der Waals surface area contributed by atoms with Crippen LogP contribution >= 0.6 is 28.3 Å². The van der Waals surface area contributed by atoms with E-state index in [1.54, 1.807) is 6.07 Å². The van der Waals surface area contributed by atoms with E-state index in [1.807, 2.05) is 0 Å². The first-order chi connectivity index (χ1) is 6.68.